The number of hydrogen-bond acceptors (Lipinski definition) is 4. The maximum absolute atomic E-state index is 4.38. The minimum Gasteiger partial charge on any atom is -0.372 e. The highest BCUT2D eigenvalue weighted by atomic mass is 15.2. The molecular weight excluding hydrogens is 224 g/mol. The molecule has 1 N–H and O–H groups in total. The first-order valence-electron chi connectivity index (χ1n) is 5.73. The van der Waals surface area contributed by atoms with Gasteiger partial charge in [-0.05, 0) is 16.8 Å². The van der Waals surface area contributed by atoms with Crippen molar-refractivity contribution in [2.75, 3.05) is 12.4 Å². The summed E-state index contributed by atoms with van der Waals surface area (Å²) >= 11 is 0. The molecule has 0 spiro atoms. The minimum atomic E-state index is 0.632. The molecule has 0 saturated heterocycles. The van der Waals surface area contributed by atoms with Crippen molar-refractivity contribution in [2.45, 2.75) is 0 Å². The second kappa shape index (κ2) is 4.41. The first-order valence-corrected chi connectivity index (χ1v) is 5.73. The Kier molecular flexibility index (Phi) is 2.61. The number of aromatic nitrogens is 3. The largest absolute Gasteiger partial charge is 0.372 e. The van der Waals surface area contributed by atoms with Gasteiger partial charge in [-0.1, -0.05) is 36.4 Å². The molecule has 18 heavy (non-hydrogen) atoms. The van der Waals surface area contributed by atoms with E-state index in [1.165, 1.54) is 10.8 Å². The smallest absolute Gasteiger partial charge is 0.183 e. The van der Waals surface area contributed by atoms with E-state index in [-0.39, 0.29) is 0 Å². The highest BCUT2D eigenvalue weighted by molar-refractivity contribution is 5.86. The number of benzene rings is 2. The number of rotatable bonds is 2. The Hall–Kier alpha value is -2.49. The van der Waals surface area contributed by atoms with Crippen LogP contribution in [-0.2, 0) is 0 Å². The molecule has 88 valence electrons. The van der Waals surface area contributed by atoms with Crippen molar-refractivity contribution in [3.63, 3.8) is 0 Å². The number of nitrogens with one attached hydrogen (secondary N) is 1. The van der Waals surface area contributed by atoms with E-state index in [9.17, 15) is 0 Å². The fourth-order valence-corrected chi connectivity index (χ4v) is 1.87. The van der Waals surface area contributed by atoms with Crippen LogP contribution in [0.2, 0.25) is 0 Å². The maximum atomic E-state index is 4.38. The summed E-state index contributed by atoms with van der Waals surface area (Å²) in [5, 5.41) is 13.3. The Morgan fingerprint density at radius 1 is 1.00 bits per heavy atom. The fraction of sp³-hybridized carbons (Fsp3) is 0.0714. The summed E-state index contributed by atoms with van der Waals surface area (Å²) < 4.78 is 0. The van der Waals surface area contributed by atoms with Gasteiger partial charge in [0.15, 0.2) is 5.82 Å². The van der Waals surface area contributed by atoms with Crippen LogP contribution in [0, 0.1) is 0 Å². The fourth-order valence-electron chi connectivity index (χ4n) is 1.87. The molecular formula is C14H12N4. The summed E-state index contributed by atoms with van der Waals surface area (Å²) in [4.78, 5) is 4.38. The predicted octanol–water partition coefficient (Wildman–Crippen LogP) is 2.73. The highest BCUT2D eigenvalue weighted by Gasteiger charge is 2.04. The third-order valence-corrected chi connectivity index (χ3v) is 2.82. The number of nitrogens with zero attached hydrogens (tertiary/aromatic N) is 3. The summed E-state index contributed by atoms with van der Waals surface area (Å²) in [5.41, 5.74) is 0.971. The molecule has 1 heterocycles. The van der Waals surface area contributed by atoms with E-state index in [1.807, 2.05) is 25.2 Å². The third kappa shape index (κ3) is 1.88. The Morgan fingerprint density at radius 2 is 1.83 bits per heavy atom. The Morgan fingerprint density at radius 3 is 2.67 bits per heavy atom. The van der Waals surface area contributed by atoms with Crippen molar-refractivity contribution in [3.05, 3.63) is 48.7 Å². The van der Waals surface area contributed by atoms with Crippen LogP contribution in [0.4, 0.5) is 5.82 Å². The maximum Gasteiger partial charge on any atom is 0.183 e. The molecule has 0 fully saturated rings. The lowest BCUT2D eigenvalue weighted by molar-refractivity contribution is 0.981. The van der Waals surface area contributed by atoms with Crippen LogP contribution >= 0.6 is 0 Å². The molecule has 0 atom stereocenters. The zero-order valence-corrected chi connectivity index (χ0v) is 9.96. The van der Waals surface area contributed by atoms with Gasteiger partial charge >= 0.3 is 0 Å². The van der Waals surface area contributed by atoms with Crippen molar-refractivity contribution in [1.29, 1.82) is 0 Å². The standard InChI is InChI=1S/C14H12N4/c1-15-13-9-16-18-14(17-13)12-7-6-10-4-2-3-5-11(10)8-12/h2-9H,1H3,(H,15,17,18). The molecule has 0 aliphatic heterocycles. The third-order valence-electron chi connectivity index (χ3n) is 2.82. The monoisotopic (exact) mass is 236 g/mol. The summed E-state index contributed by atoms with van der Waals surface area (Å²) in [5.74, 6) is 1.35. The van der Waals surface area contributed by atoms with Crippen molar-refractivity contribution in [1.82, 2.24) is 15.2 Å². The first-order chi connectivity index (χ1) is 8.86. The zero-order valence-electron chi connectivity index (χ0n) is 9.96. The van der Waals surface area contributed by atoms with E-state index >= 15 is 0 Å². The van der Waals surface area contributed by atoms with Crippen molar-refractivity contribution in [3.8, 4) is 11.4 Å². The zero-order chi connectivity index (χ0) is 12.4. The molecule has 1 aromatic heterocycles. The summed E-state index contributed by atoms with van der Waals surface area (Å²) in [6.07, 6.45) is 1.60. The molecule has 0 aliphatic rings. The topological polar surface area (TPSA) is 50.7 Å². The van der Waals surface area contributed by atoms with Gasteiger partial charge in [0.05, 0.1) is 6.20 Å². The molecule has 4 heteroatoms. The first kappa shape index (κ1) is 10.7. The van der Waals surface area contributed by atoms with Gasteiger partial charge in [0.1, 0.15) is 5.82 Å². The normalized spacial score (nSPS) is 10.5. The van der Waals surface area contributed by atoms with Crippen LogP contribution in [0.15, 0.2) is 48.7 Å². The molecule has 0 amide bonds. The van der Waals surface area contributed by atoms with E-state index in [2.05, 4.69) is 44.8 Å². The molecule has 4 nitrogen and oxygen atoms in total. The van der Waals surface area contributed by atoms with Crippen LogP contribution in [0.1, 0.15) is 0 Å². The van der Waals surface area contributed by atoms with Crippen LogP contribution in [0.25, 0.3) is 22.2 Å². The molecule has 3 aromatic rings. The van der Waals surface area contributed by atoms with Gasteiger partial charge in [-0.25, -0.2) is 4.98 Å². The second-order valence-corrected chi connectivity index (χ2v) is 3.98. The summed E-state index contributed by atoms with van der Waals surface area (Å²) in [6.45, 7) is 0. The molecule has 3 rings (SSSR count). The summed E-state index contributed by atoms with van der Waals surface area (Å²) in [6, 6.07) is 14.4. The lowest BCUT2D eigenvalue weighted by Crippen LogP contribution is -1.98. The van der Waals surface area contributed by atoms with Crippen molar-refractivity contribution >= 4 is 16.6 Å². The van der Waals surface area contributed by atoms with Gasteiger partial charge in [-0.15, -0.1) is 5.10 Å². The second-order valence-electron chi connectivity index (χ2n) is 3.98. The van der Waals surface area contributed by atoms with Crippen LogP contribution < -0.4 is 5.32 Å². The van der Waals surface area contributed by atoms with Gasteiger partial charge in [-0.2, -0.15) is 5.10 Å². The Balaban J connectivity index is 2.13. The quantitative estimate of drug-likeness (QED) is 0.743. The van der Waals surface area contributed by atoms with Crippen molar-refractivity contribution in [2.24, 2.45) is 0 Å². The van der Waals surface area contributed by atoms with Gasteiger partial charge in [0, 0.05) is 12.6 Å². The SMILES string of the molecule is CNc1cnnc(-c2ccc3ccccc3c2)n1. The van der Waals surface area contributed by atoms with Gasteiger partial charge in [0.25, 0.3) is 0 Å². The molecule has 0 bridgehead atoms. The molecule has 0 unspecified atom stereocenters. The Bertz CT molecular complexity index is 694. The van der Waals surface area contributed by atoms with Crippen LogP contribution in [-0.4, -0.2) is 22.2 Å². The van der Waals surface area contributed by atoms with E-state index in [0.717, 1.165) is 5.56 Å². The predicted molar refractivity (Wildman–Crippen MR) is 72.3 cm³/mol. The molecule has 2 aromatic carbocycles. The van der Waals surface area contributed by atoms with Gasteiger partial charge in [0.2, 0.25) is 0 Å². The lowest BCUT2D eigenvalue weighted by Gasteiger charge is -2.03. The van der Waals surface area contributed by atoms with E-state index in [4.69, 9.17) is 0 Å². The van der Waals surface area contributed by atoms with E-state index < -0.39 is 0 Å². The number of fused-ring (bicyclic) bond motifs is 1. The minimum absolute atomic E-state index is 0.632. The van der Waals surface area contributed by atoms with Crippen molar-refractivity contribution < 1.29 is 0 Å². The summed E-state index contributed by atoms with van der Waals surface area (Å²) in [7, 11) is 1.81. The highest BCUT2D eigenvalue weighted by Crippen LogP contribution is 2.21. The van der Waals surface area contributed by atoms with E-state index in [0.29, 0.717) is 11.6 Å². The average molecular weight is 236 g/mol. The molecule has 0 radical (unpaired) electrons. The Labute approximate surface area is 105 Å². The van der Waals surface area contributed by atoms with Gasteiger partial charge in [-0.3, -0.25) is 0 Å². The van der Waals surface area contributed by atoms with Crippen LogP contribution in [0.5, 0.6) is 0 Å². The molecule has 0 saturated carbocycles. The van der Waals surface area contributed by atoms with Crippen LogP contribution in [0.3, 0.4) is 0 Å². The van der Waals surface area contributed by atoms with Gasteiger partial charge < -0.3 is 5.32 Å². The number of anilines is 1. The molecule has 0 aliphatic carbocycles. The lowest BCUT2D eigenvalue weighted by atomic mass is 10.1. The number of hydrogen-bond donors (Lipinski definition) is 1. The van der Waals surface area contributed by atoms with E-state index in [1.54, 1.807) is 6.20 Å². The average Bonchev–Trinajstić information content (AvgIpc) is 2.47.